The molecule has 0 aliphatic heterocycles. The van der Waals surface area contributed by atoms with Crippen molar-refractivity contribution < 1.29 is 4.79 Å². The second-order valence-corrected chi connectivity index (χ2v) is 6.13. The van der Waals surface area contributed by atoms with E-state index in [4.69, 9.17) is 23.2 Å². The van der Waals surface area contributed by atoms with E-state index in [2.05, 4.69) is 23.4 Å². The highest BCUT2D eigenvalue weighted by Crippen LogP contribution is 2.25. The lowest BCUT2D eigenvalue weighted by Gasteiger charge is -2.18. The largest absolute Gasteiger partial charge is 0.335 e. The molecule has 8 heteroatoms. The summed E-state index contributed by atoms with van der Waals surface area (Å²) in [6, 6.07) is 1.60. The van der Waals surface area contributed by atoms with Gasteiger partial charge in [0.05, 0.1) is 15.8 Å². The van der Waals surface area contributed by atoms with E-state index in [1.54, 1.807) is 33.7 Å². The molecule has 0 saturated heterocycles. The zero-order valence-corrected chi connectivity index (χ0v) is 14.0. The van der Waals surface area contributed by atoms with Crippen LogP contribution in [0.4, 0.5) is 0 Å². The Hall–Kier alpha value is -1.50. The summed E-state index contributed by atoms with van der Waals surface area (Å²) in [5.74, 6) is 0.196. The smallest absolute Gasteiger partial charge is 0.233 e. The third kappa shape index (κ3) is 3.82. The number of thioether (sulfide) groups is 1. The molecular weight excluding hydrogens is 343 g/mol. The maximum absolute atomic E-state index is 12.2. The molecule has 0 aromatic carbocycles. The summed E-state index contributed by atoms with van der Waals surface area (Å²) in [5.41, 5.74) is 0.509. The second-order valence-electron chi connectivity index (χ2n) is 4.35. The van der Waals surface area contributed by atoms with Crippen molar-refractivity contribution in [3.8, 4) is 0 Å². The lowest BCUT2D eigenvalue weighted by atomic mass is 10.4. The van der Waals surface area contributed by atoms with Gasteiger partial charge in [-0.25, -0.2) is 0 Å². The molecule has 22 heavy (non-hydrogen) atoms. The highest BCUT2D eigenvalue weighted by molar-refractivity contribution is 7.99. The Morgan fingerprint density at radius 3 is 2.64 bits per heavy atom. The Labute approximate surface area is 142 Å². The molecule has 0 N–H and O–H groups in total. The summed E-state index contributed by atoms with van der Waals surface area (Å²) in [5, 5.41) is 9.49. The SMILES string of the molecule is C=CCN(CC=C)C(=O)CSc1nnc2c(Cl)cc(Cl)cn12. The summed E-state index contributed by atoms with van der Waals surface area (Å²) in [6.07, 6.45) is 5.02. The first-order valence-corrected chi connectivity index (χ1v) is 8.13. The van der Waals surface area contributed by atoms with Crippen LogP contribution in [-0.2, 0) is 4.79 Å². The van der Waals surface area contributed by atoms with Gasteiger partial charge in [0.15, 0.2) is 10.8 Å². The normalized spacial score (nSPS) is 10.6. The highest BCUT2D eigenvalue weighted by Gasteiger charge is 2.15. The summed E-state index contributed by atoms with van der Waals surface area (Å²) in [4.78, 5) is 13.8. The van der Waals surface area contributed by atoms with Gasteiger partial charge in [0.25, 0.3) is 0 Å². The predicted molar refractivity (Wildman–Crippen MR) is 90.7 cm³/mol. The molecule has 0 bridgehead atoms. The van der Waals surface area contributed by atoms with Gasteiger partial charge in [-0.2, -0.15) is 0 Å². The monoisotopic (exact) mass is 356 g/mol. The Balaban J connectivity index is 2.13. The zero-order chi connectivity index (χ0) is 16.1. The van der Waals surface area contributed by atoms with Gasteiger partial charge in [0.2, 0.25) is 5.91 Å². The Morgan fingerprint density at radius 2 is 2.00 bits per heavy atom. The van der Waals surface area contributed by atoms with Crippen molar-refractivity contribution in [2.75, 3.05) is 18.8 Å². The van der Waals surface area contributed by atoms with Gasteiger partial charge in [0.1, 0.15) is 0 Å². The molecule has 0 saturated carbocycles. The summed E-state index contributed by atoms with van der Waals surface area (Å²) >= 11 is 13.3. The molecule has 0 aliphatic carbocycles. The van der Waals surface area contributed by atoms with Crippen molar-refractivity contribution >= 4 is 46.5 Å². The fourth-order valence-electron chi connectivity index (χ4n) is 1.81. The van der Waals surface area contributed by atoms with E-state index >= 15 is 0 Å². The van der Waals surface area contributed by atoms with E-state index in [-0.39, 0.29) is 11.7 Å². The molecule has 116 valence electrons. The molecule has 0 unspecified atom stereocenters. The van der Waals surface area contributed by atoms with E-state index in [9.17, 15) is 4.79 Å². The molecule has 2 rings (SSSR count). The quantitative estimate of drug-likeness (QED) is 0.563. The van der Waals surface area contributed by atoms with Crippen molar-refractivity contribution in [2.45, 2.75) is 5.16 Å². The first-order chi connectivity index (χ1) is 10.6. The number of hydrogen-bond donors (Lipinski definition) is 0. The van der Waals surface area contributed by atoms with Crippen molar-refractivity contribution in [2.24, 2.45) is 0 Å². The number of hydrogen-bond acceptors (Lipinski definition) is 4. The maximum atomic E-state index is 12.2. The van der Waals surface area contributed by atoms with Crippen LogP contribution >= 0.6 is 35.0 Å². The molecule has 1 amide bonds. The minimum Gasteiger partial charge on any atom is -0.335 e. The van der Waals surface area contributed by atoms with E-state index in [1.165, 1.54) is 11.8 Å². The number of rotatable bonds is 7. The van der Waals surface area contributed by atoms with Crippen LogP contribution in [0, 0.1) is 0 Å². The third-order valence-electron chi connectivity index (χ3n) is 2.77. The number of nitrogens with zero attached hydrogens (tertiary/aromatic N) is 4. The van der Waals surface area contributed by atoms with Crippen LogP contribution in [0.3, 0.4) is 0 Å². The molecule has 2 aromatic heterocycles. The molecule has 0 fully saturated rings. The lowest BCUT2D eigenvalue weighted by Crippen LogP contribution is -2.32. The van der Waals surface area contributed by atoms with Gasteiger partial charge in [0, 0.05) is 19.3 Å². The molecule has 2 aromatic rings. The van der Waals surface area contributed by atoms with E-state index in [1.807, 2.05) is 0 Å². The first-order valence-electron chi connectivity index (χ1n) is 6.39. The van der Waals surface area contributed by atoms with Crippen LogP contribution in [0.5, 0.6) is 0 Å². The summed E-state index contributed by atoms with van der Waals surface area (Å²) in [7, 11) is 0. The third-order valence-corrected chi connectivity index (χ3v) is 4.18. The number of carbonyl (C=O) groups excluding carboxylic acids is 1. The Kier molecular flexibility index (Phi) is 5.88. The average Bonchev–Trinajstić information content (AvgIpc) is 2.87. The van der Waals surface area contributed by atoms with Gasteiger partial charge in [-0.3, -0.25) is 9.20 Å². The maximum Gasteiger partial charge on any atom is 0.233 e. The zero-order valence-electron chi connectivity index (χ0n) is 11.7. The molecule has 2 heterocycles. The topological polar surface area (TPSA) is 50.5 Å². The second kappa shape index (κ2) is 7.67. The van der Waals surface area contributed by atoms with Crippen LogP contribution < -0.4 is 0 Å². The van der Waals surface area contributed by atoms with Crippen molar-refractivity contribution in [3.63, 3.8) is 0 Å². The Morgan fingerprint density at radius 1 is 1.32 bits per heavy atom. The molecule has 0 atom stereocenters. The minimum absolute atomic E-state index is 0.0327. The fourth-order valence-corrected chi connectivity index (χ4v) is 3.13. The predicted octanol–water partition coefficient (Wildman–Crippen LogP) is 3.33. The first kappa shape index (κ1) is 16.9. The van der Waals surface area contributed by atoms with E-state index in [0.29, 0.717) is 33.9 Å². The van der Waals surface area contributed by atoms with Crippen LogP contribution in [0.1, 0.15) is 0 Å². The van der Waals surface area contributed by atoms with Crippen LogP contribution in [0.25, 0.3) is 5.65 Å². The van der Waals surface area contributed by atoms with Gasteiger partial charge in [-0.1, -0.05) is 47.1 Å². The van der Waals surface area contributed by atoms with Gasteiger partial charge >= 0.3 is 0 Å². The van der Waals surface area contributed by atoms with Crippen molar-refractivity contribution in [3.05, 3.63) is 47.6 Å². The van der Waals surface area contributed by atoms with E-state index in [0.717, 1.165) is 0 Å². The van der Waals surface area contributed by atoms with Gasteiger partial charge in [-0.05, 0) is 6.07 Å². The van der Waals surface area contributed by atoms with Crippen LogP contribution in [0.2, 0.25) is 10.0 Å². The molecule has 0 spiro atoms. The van der Waals surface area contributed by atoms with Crippen molar-refractivity contribution in [1.29, 1.82) is 0 Å². The van der Waals surface area contributed by atoms with Crippen LogP contribution in [-0.4, -0.2) is 44.2 Å². The van der Waals surface area contributed by atoms with Crippen molar-refractivity contribution in [1.82, 2.24) is 19.5 Å². The number of halogens is 2. The standard InChI is InChI=1S/C14H14Cl2N4OS/c1-3-5-19(6-4-2)12(21)9-22-14-18-17-13-11(16)7-10(15)8-20(13)14/h3-4,7-8H,1-2,5-6,9H2. The highest BCUT2D eigenvalue weighted by atomic mass is 35.5. The molecule has 0 aliphatic rings. The molecule has 5 nitrogen and oxygen atoms in total. The van der Waals surface area contributed by atoms with Gasteiger partial charge < -0.3 is 4.90 Å². The average molecular weight is 357 g/mol. The summed E-state index contributed by atoms with van der Waals surface area (Å²) < 4.78 is 1.67. The number of fused-ring (bicyclic) bond motifs is 1. The number of aromatic nitrogens is 3. The lowest BCUT2D eigenvalue weighted by molar-refractivity contribution is -0.127. The number of pyridine rings is 1. The summed E-state index contributed by atoms with van der Waals surface area (Å²) in [6.45, 7) is 8.24. The Bertz CT molecular complexity index is 706. The van der Waals surface area contributed by atoms with E-state index < -0.39 is 0 Å². The van der Waals surface area contributed by atoms with Gasteiger partial charge in [-0.15, -0.1) is 23.4 Å². The number of amides is 1. The van der Waals surface area contributed by atoms with Crippen LogP contribution in [0.15, 0.2) is 42.7 Å². The molecule has 0 radical (unpaired) electrons. The molecular formula is C14H14Cl2N4OS. The fraction of sp³-hybridized carbons (Fsp3) is 0.214. The minimum atomic E-state index is -0.0327. The number of carbonyl (C=O) groups is 1.